The summed E-state index contributed by atoms with van der Waals surface area (Å²) in [5, 5.41) is 3.09. The van der Waals surface area contributed by atoms with E-state index in [4.69, 9.17) is 14.2 Å². The van der Waals surface area contributed by atoms with Crippen LogP contribution in [0.25, 0.3) is 0 Å². The maximum absolute atomic E-state index is 12.5. The number of fused-ring (bicyclic) bond motifs is 3. The average Bonchev–Trinajstić information content (AvgIpc) is 2.73. The smallest absolute Gasteiger partial charge is 0.407 e. The first-order chi connectivity index (χ1) is 14.4. The molecule has 2 aliphatic heterocycles. The minimum absolute atomic E-state index is 0.0478. The second-order valence-corrected chi connectivity index (χ2v) is 10.4. The van der Waals surface area contributed by atoms with Crippen molar-refractivity contribution in [2.75, 3.05) is 13.2 Å². The molecule has 2 saturated carbocycles. The van der Waals surface area contributed by atoms with Crippen molar-refractivity contribution in [3.63, 3.8) is 0 Å². The normalized spacial score (nSPS) is 40.1. The van der Waals surface area contributed by atoms with Gasteiger partial charge in [0.05, 0.1) is 12.7 Å². The number of carbonyl (C=O) groups excluding carboxylic acids is 1. The summed E-state index contributed by atoms with van der Waals surface area (Å²) in [6, 6.07) is 8.55. The number of amides is 1. The van der Waals surface area contributed by atoms with Crippen molar-refractivity contribution in [1.29, 1.82) is 0 Å². The molecule has 0 aromatic heterocycles. The van der Waals surface area contributed by atoms with E-state index in [1.165, 1.54) is 19.3 Å². The van der Waals surface area contributed by atoms with Crippen molar-refractivity contribution in [3.05, 3.63) is 29.8 Å². The third kappa shape index (κ3) is 3.12. The lowest BCUT2D eigenvalue weighted by atomic mass is 9.50. The van der Waals surface area contributed by atoms with Gasteiger partial charge in [-0.25, -0.2) is 4.79 Å². The summed E-state index contributed by atoms with van der Waals surface area (Å²) in [6.45, 7) is 7.86. The molecule has 2 heterocycles. The van der Waals surface area contributed by atoms with Crippen molar-refractivity contribution >= 4 is 6.09 Å². The van der Waals surface area contributed by atoms with Crippen molar-refractivity contribution in [2.24, 2.45) is 23.2 Å². The van der Waals surface area contributed by atoms with Crippen LogP contribution in [-0.2, 0) is 9.47 Å². The monoisotopic (exact) mass is 413 g/mol. The molecule has 5 nitrogen and oxygen atoms in total. The Morgan fingerprint density at radius 3 is 2.77 bits per heavy atom. The highest BCUT2D eigenvalue weighted by molar-refractivity contribution is 5.67. The number of benzene rings is 1. The highest BCUT2D eigenvalue weighted by atomic mass is 16.6. The zero-order chi connectivity index (χ0) is 20.9. The van der Waals surface area contributed by atoms with Crippen molar-refractivity contribution in [2.45, 2.75) is 77.0 Å². The number of hydrogen-bond donors (Lipinski definition) is 1. The largest absolute Gasteiger partial charge is 0.487 e. The second-order valence-electron chi connectivity index (χ2n) is 10.4. The Kier molecular flexibility index (Phi) is 5.00. The molecule has 1 saturated heterocycles. The van der Waals surface area contributed by atoms with E-state index >= 15 is 0 Å². The second kappa shape index (κ2) is 7.44. The molecule has 1 N–H and O–H groups in total. The summed E-state index contributed by atoms with van der Waals surface area (Å²) in [5.41, 5.74) is 0.734. The van der Waals surface area contributed by atoms with Crippen LogP contribution in [-0.4, -0.2) is 30.9 Å². The third-order valence-corrected chi connectivity index (χ3v) is 8.67. The van der Waals surface area contributed by atoms with E-state index in [0.29, 0.717) is 25.0 Å². The molecular formula is C25H35NO4. The maximum atomic E-state index is 12.5. The van der Waals surface area contributed by atoms with E-state index in [0.717, 1.165) is 30.6 Å². The van der Waals surface area contributed by atoms with Crippen LogP contribution in [0.1, 0.15) is 71.0 Å². The zero-order valence-electron chi connectivity index (χ0n) is 18.5. The molecule has 5 rings (SSSR count). The van der Waals surface area contributed by atoms with Crippen LogP contribution in [0.4, 0.5) is 4.79 Å². The third-order valence-electron chi connectivity index (χ3n) is 8.67. The first kappa shape index (κ1) is 20.2. The predicted octanol–water partition coefficient (Wildman–Crippen LogP) is 5.25. The quantitative estimate of drug-likeness (QED) is 0.736. The lowest BCUT2D eigenvalue weighted by Gasteiger charge is -2.63. The zero-order valence-corrected chi connectivity index (χ0v) is 18.5. The number of hydrogen-bond acceptors (Lipinski definition) is 4. The Bertz CT molecular complexity index is 806. The van der Waals surface area contributed by atoms with E-state index in [-0.39, 0.29) is 35.2 Å². The van der Waals surface area contributed by atoms with Gasteiger partial charge in [0.25, 0.3) is 0 Å². The van der Waals surface area contributed by atoms with Gasteiger partial charge in [-0.05, 0) is 44.1 Å². The molecule has 0 spiro atoms. The van der Waals surface area contributed by atoms with E-state index in [1.54, 1.807) is 0 Å². The van der Waals surface area contributed by atoms with Gasteiger partial charge < -0.3 is 19.5 Å². The molecule has 6 atom stereocenters. The minimum atomic E-state index is -0.267. The van der Waals surface area contributed by atoms with Gasteiger partial charge in [0.15, 0.2) is 0 Å². The number of alkyl carbamates (subject to hydrolysis) is 1. The summed E-state index contributed by atoms with van der Waals surface area (Å²) in [7, 11) is 0. The topological polar surface area (TPSA) is 56.8 Å². The van der Waals surface area contributed by atoms with Crippen molar-refractivity contribution < 1.29 is 19.0 Å². The van der Waals surface area contributed by atoms with Crippen LogP contribution in [0, 0.1) is 23.2 Å². The molecule has 4 aliphatic rings. The lowest BCUT2D eigenvalue weighted by Crippen LogP contribution is -2.66. The van der Waals surface area contributed by atoms with Crippen LogP contribution in [0.2, 0.25) is 0 Å². The van der Waals surface area contributed by atoms with Crippen molar-refractivity contribution in [1.82, 2.24) is 5.32 Å². The summed E-state index contributed by atoms with van der Waals surface area (Å²) in [5.74, 6) is 1.88. The number of carbonyl (C=O) groups is 1. The first-order valence-corrected chi connectivity index (χ1v) is 11.8. The van der Waals surface area contributed by atoms with Crippen molar-refractivity contribution in [3.8, 4) is 5.75 Å². The summed E-state index contributed by atoms with van der Waals surface area (Å²) < 4.78 is 19.0. The number of nitrogens with one attached hydrogen (secondary N) is 1. The maximum Gasteiger partial charge on any atom is 0.407 e. The van der Waals surface area contributed by atoms with E-state index < -0.39 is 0 Å². The molecular weight excluding hydrogens is 378 g/mol. The minimum Gasteiger partial charge on any atom is -0.487 e. The summed E-state index contributed by atoms with van der Waals surface area (Å²) in [6.07, 6.45) is 6.52. The van der Waals surface area contributed by atoms with Gasteiger partial charge in [0, 0.05) is 22.9 Å². The molecule has 1 aromatic carbocycles. The number of rotatable bonds is 3. The van der Waals surface area contributed by atoms with E-state index in [1.807, 2.05) is 6.07 Å². The molecule has 30 heavy (non-hydrogen) atoms. The molecule has 164 valence electrons. The highest BCUT2D eigenvalue weighted by Crippen LogP contribution is 2.63. The van der Waals surface area contributed by atoms with Crippen LogP contribution >= 0.6 is 0 Å². The molecule has 3 fully saturated rings. The highest BCUT2D eigenvalue weighted by Gasteiger charge is 2.64. The Hall–Kier alpha value is -1.75. The van der Waals surface area contributed by atoms with E-state index in [9.17, 15) is 4.79 Å². The summed E-state index contributed by atoms with van der Waals surface area (Å²) >= 11 is 0. The number of ether oxygens (including phenoxy) is 3. The standard InChI is InChI=1S/C25H35NO4/c1-16-13-24(3)21-17(2)25(16,15-29-23(27)26-18-9-5-4-6-10-18)14-28-22(21)19-11-7-8-12-20(19)30-24/h7-8,11-12,16-18,21-22H,4-6,9-10,13-15H2,1-3H3,(H,26,27)/t16-,17+,21-,22-,24+,25?/m1/s1. The van der Waals surface area contributed by atoms with Gasteiger partial charge in [-0.1, -0.05) is 51.3 Å². The number of para-hydroxylation sites is 1. The van der Waals surface area contributed by atoms with Gasteiger partial charge >= 0.3 is 6.09 Å². The Labute approximate surface area is 179 Å². The molecule has 1 unspecified atom stereocenters. The van der Waals surface area contributed by atoms with Gasteiger partial charge in [-0.2, -0.15) is 0 Å². The van der Waals surface area contributed by atoms with E-state index in [2.05, 4.69) is 44.3 Å². The molecule has 1 amide bonds. The molecule has 2 aliphatic carbocycles. The fraction of sp³-hybridized carbons (Fsp3) is 0.720. The molecule has 0 radical (unpaired) electrons. The Morgan fingerprint density at radius 2 is 1.97 bits per heavy atom. The lowest BCUT2D eigenvalue weighted by molar-refractivity contribution is -0.259. The van der Waals surface area contributed by atoms with Crippen LogP contribution in [0.15, 0.2) is 24.3 Å². The SMILES string of the molecule is C[C@@H]1C[C@]2(C)Oc3ccccc3[C@H]3OCC1(COC(=O)NC1CCCCC1)[C@@H](C)[C@H]32. The Morgan fingerprint density at radius 1 is 1.20 bits per heavy atom. The predicted molar refractivity (Wildman–Crippen MR) is 114 cm³/mol. The van der Waals surface area contributed by atoms with Crippen LogP contribution in [0.5, 0.6) is 5.75 Å². The van der Waals surface area contributed by atoms with Gasteiger partial charge in [-0.3, -0.25) is 0 Å². The molecule has 5 heteroatoms. The van der Waals surface area contributed by atoms with Gasteiger partial charge in [0.2, 0.25) is 0 Å². The van der Waals surface area contributed by atoms with Gasteiger partial charge in [-0.15, -0.1) is 0 Å². The summed E-state index contributed by atoms with van der Waals surface area (Å²) in [4.78, 5) is 12.5. The molecule has 1 aromatic rings. The van der Waals surface area contributed by atoms with Crippen LogP contribution < -0.4 is 10.1 Å². The first-order valence-electron chi connectivity index (χ1n) is 11.8. The fourth-order valence-corrected chi connectivity index (χ4v) is 6.91. The van der Waals surface area contributed by atoms with Gasteiger partial charge in [0.1, 0.15) is 18.0 Å². The van der Waals surface area contributed by atoms with Crippen LogP contribution in [0.3, 0.4) is 0 Å². The average molecular weight is 414 g/mol. The fourth-order valence-electron chi connectivity index (χ4n) is 6.91. The molecule has 2 bridgehead atoms. The Balaban J connectivity index is 1.34.